The molecule has 0 aliphatic carbocycles. The number of hydrogen-bond donors (Lipinski definition) is 0. The highest BCUT2D eigenvalue weighted by Gasteiger charge is 2.31. The van der Waals surface area contributed by atoms with Crippen molar-refractivity contribution in [3.05, 3.63) is 28.8 Å². The van der Waals surface area contributed by atoms with Crippen molar-refractivity contribution in [2.24, 2.45) is 11.8 Å². The number of hydrogen-bond acceptors (Lipinski definition) is 4. The minimum Gasteiger partial charge on any atom is -0.338 e. The maximum Gasteiger partial charge on any atom is 0.255 e. The first-order chi connectivity index (χ1) is 14.8. The summed E-state index contributed by atoms with van der Waals surface area (Å²) in [6.45, 7) is 8.14. The Balaban J connectivity index is 1.45. The SMILES string of the molecule is CC1CCN(CC2CCCN(C(=O)c3cc(S(=O)(=O)N4CCCC4)ccc3Cl)C2)CC1. The van der Waals surface area contributed by atoms with E-state index in [1.165, 1.54) is 29.3 Å². The molecule has 1 atom stereocenters. The Labute approximate surface area is 191 Å². The van der Waals surface area contributed by atoms with Gasteiger partial charge in [-0.3, -0.25) is 4.79 Å². The van der Waals surface area contributed by atoms with Gasteiger partial charge in [-0.2, -0.15) is 4.31 Å². The van der Waals surface area contributed by atoms with Gasteiger partial charge in [0.1, 0.15) is 0 Å². The number of halogens is 1. The van der Waals surface area contributed by atoms with Crippen molar-refractivity contribution in [3.63, 3.8) is 0 Å². The largest absolute Gasteiger partial charge is 0.338 e. The number of piperidine rings is 2. The van der Waals surface area contributed by atoms with E-state index in [4.69, 9.17) is 11.6 Å². The van der Waals surface area contributed by atoms with Crippen LogP contribution in [0, 0.1) is 11.8 Å². The topological polar surface area (TPSA) is 60.9 Å². The summed E-state index contributed by atoms with van der Waals surface area (Å²) >= 11 is 6.36. The molecule has 3 aliphatic heterocycles. The molecule has 3 aliphatic rings. The number of benzene rings is 1. The lowest BCUT2D eigenvalue weighted by atomic mass is 9.94. The first-order valence-electron chi connectivity index (χ1n) is 11.7. The van der Waals surface area contributed by atoms with Crippen LogP contribution in [0.1, 0.15) is 55.8 Å². The second-order valence-electron chi connectivity index (χ2n) is 9.50. The van der Waals surface area contributed by atoms with Gasteiger partial charge in [0.05, 0.1) is 15.5 Å². The lowest BCUT2D eigenvalue weighted by Gasteiger charge is -2.38. The highest BCUT2D eigenvalue weighted by molar-refractivity contribution is 7.89. The van der Waals surface area contributed by atoms with Crippen molar-refractivity contribution in [2.45, 2.75) is 50.3 Å². The van der Waals surface area contributed by atoms with E-state index >= 15 is 0 Å². The molecule has 1 aromatic carbocycles. The second-order valence-corrected chi connectivity index (χ2v) is 11.8. The Morgan fingerprint density at radius 3 is 2.45 bits per heavy atom. The fourth-order valence-electron chi connectivity index (χ4n) is 5.08. The lowest BCUT2D eigenvalue weighted by Crippen LogP contribution is -2.45. The van der Waals surface area contributed by atoms with Crippen LogP contribution < -0.4 is 0 Å². The van der Waals surface area contributed by atoms with Crippen LogP contribution >= 0.6 is 11.6 Å². The monoisotopic (exact) mass is 467 g/mol. The van der Waals surface area contributed by atoms with Gasteiger partial charge in [0.25, 0.3) is 5.91 Å². The number of nitrogens with zero attached hydrogens (tertiary/aromatic N) is 3. The molecule has 1 aromatic rings. The predicted octanol–water partition coefficient (Wildman–Crippen LogP) is 3.71. The van der Waals surface area contributed by atoms with Crippen LogP contribution in [0.15, 0.2) is 23.1 Å². The van der Waals surface area contributed by atoms with Crippen LogP contribution in [0.5, 0.6) is 0 Å². The Hall–Kier alpha value is -1.15. The van der Waals surface area contributed by atoms with Crippen molar-refractivity contribution < 1.29 is 13.2 Å². The number of carbonyl (C=O) groups is 1. The van der Waals surface area contributed by atoms with Gasteiger partial charge < -0.3 is 9.80 Å². The van der Waals surface area contributed by atoms with Gasteiger partial charge >= 0.3 is 0 Å². The van der Waals surface area contributed by atoms with Gasteiger partial charge in [-0.25, -0.2) is 8.42 Å². The van der Waals surface area contributed by atoms with Crippen molar-refractivity contribution in [3.8, 4) is 0 Å². The third kappa shape index (κ3) is 5.27. The standard InChI is InChI=1S/C23H34ClN3O3S/c1-18-8-13-25(14-9-18)16-19-5-4-10-26(17-19)23(28)21-15-20(6-7-22(21)24)31(29,30)27-11-2-3-12-27/h6-7,15,18-19H,2-5,8-14,16-17H2,1H3. The molecule has 0 N–H and O–H groups in total. The number of amides is 1. The summed E-state index contributed by atoms with van der Waals surface area (Å²) in [4.78, 5) is 17.9. The van der Waals surface area contributed by atoms with E-state index in [1.54, 1.807) is 6.07 Å². The van der Waals surface area contributed by atoms with E-state index in [-0.39, 0.29) is 10.8 Å². The van der Waals surface area contributed by atoms with Crippen LogP contribution in [0.3, 0.4) is 0 Å². The normalized spacial score (nSPS) is 24.6. The summed E-state index contributed by atoms with van der Waals surface area (Å²) in [6.07, 6.45) is 6.37. The molecule has 3 heterocycles. The van der Waals surface area contributed by atoms with E-state index in [0.717, 1.165) is 51.2 Å². The molecule has 0 bridgehead atoms. The molecular formula is C23H34ClN3O3S. The number of carbonyl (C=O) groups excluding carboxylic acids is 1. The maximum absolute atomic E-state index is 13.3. The van der Waals surface area contributed by atoms with Crippen molar-refractivity contribution in [1.82, 2.24) is 14.1 Å². The van der Waals surface area contributed by atoms with E-state index in [2.05, 4.69) is 11.8 Å². The van der Waals surface area contributed by atoms with E-state index < -0.39 is 10.0 Å². The van der Waals surface area contributed by atoms with Crippen LogP contribution in [-0.4, -0.2) is 74.2 Å². The van der Waals surface area contributed by atoms with E-state index in [1.807, 2.05) is 4.90 Å². The molecule has 0 aromatic heterocycles. The molecule has 4 rings (SSSR count). The first-order valence-corrected chi connectivity index (χ1v) is 13.5. The van der Waals surface area contributed by atoms with E-state index in [0.29, 0.717) is 42.7 Å². The van der Waals surface area contributed by atoms with Gasteiger partial charge in [0, 0.05) is 32.7 Å². The van der Waals surface area contributed by atoms with E-state index in [9.17, 15) is 13.2 Å². The fourth-order valence-corrected chi connectivity index (χ4v) is 6.83. The Bertz CT molecular complexity index is 893. The number of sulfonamides is 1. The third-order valence-electron chi connectivity index (χ3n) is 7.07. The summed E-state index contributed by atoms with van der Waals surface area (Å²) in [6, 6.07) is 4.55. The summed E-state index contributed by atoms with van der Waals surface area (Å²) in [5.41, 5.74) is 0.300. The molecule has 0 radical (unpaired) electrons. The minimum absolute atomic E-state index is 0.152. The average Bonchev–Trinajstić information content (AvgIpc) is 3.31. The summed E-state index contributed by atoms with van der Waals surface area (Å²) < 4.78 is 27.4. The molecule has 31 heavy (non-hydrogen) atoms. The second kappa shape index (κ2) is 9.77. The summed E-state index contributed by atoms with van der Waals surface area (Å²) in [5.74, 6) is 1.12. The highest BCUT2D eigenvalue weighted by atomic mass is 35.5. The third-order valence-corrected chi connectivity index (χ3v) is 9.29. The van der Waals surface area contributed by atoms with Crippen molar-refractivity contribution in [1.29, 1.82) is 0 Å². The lowest BCUT2D eigenvalue weighted by molar-refractivity contribution is 0.0622. The molecular weight excluding hydrogens is 434 g/mol. The number of rotatable bonds is 5. The maximum atomic E-state index is 13.3. The Kier molecular flexibility index (Phi) is 7.26. The Morgan fingerprint density at radius 1 is 1.03 bits per heavy atom. The molecule has 1 unspecified atom stereocenters. The quantitative estimate of drug-likeness (QED) is 0.662. The predicted molar refractivity (Wildman–Crippen MR) is 123 cm³/mol. The smallest absolute Gasteiger partial charge is 0.255 e. The molecule has 172 valence electrons. The van der Waals surface area contributed by atoms with Gasteiger partial charge in [-0.15, -0.1) is 0 Å². The average molecular weight is 468 g/mol. The van der Waals surface area contributed by atoms with Gasteiger partial charge in [-0.1, -0.05) is 18.5 Å². The molecule has 3 fully saturated rings. The molecule has 8 heteroatoms. The van der Waals surface area contributed by atoms with Crippen LogP contribution in [0.25, 0.3) is 0 Å². The van der Waals surface area contributed by atoms with Gasteiger partial charge in [-0.05, 0) is 81.6 Å². The summed E-state index contributed by atoms with van der Waals surface area (Å²) in [5, 5.41) is 0.317. The van der Waals surface area contributed by atoms with Crippen molar-refractivity contribution in [2.75, 3.05) is 45.8 Å². The Morgan fingerprint density at radius 2 is 1.74 bits per heavy atom. The van der Waals surface area contributed by atoms with Gasteiger partial charge in [0.2, 0.25) is 10.0 Å². The van der Waals surface area contributed by atoms with Crippen molar-refractivity contribution >= 4 is 27.5 Å². The number of likely N-dealkylation sites (tertiary alicyclic amines) is 2. The van der Waals surface area contributed by atoms with Crippen LogP contribution in [0.2, 0.25) is 5.02 Å². The first kappa shape index (κ1) is 23.0. The minimum atomic E-state index is -3.58. The molecule has 6 nitrogen and oxygen atoms in total. The fraction of sp³-hybridized carbons (Fsp3) is 0.696. The summed E-state index contributed by atoms with van der Waals surface area (Å²) in [7, 11) is -3.58. The molecule has 0 spiro atoms. The van der Waals surface area contributed by atoms with Crippen LogP contribution in [0.4, 0.5) is 0 Å². The van der Waals surface area contributed by atoms with Crippen LogP contribution in [-0.2, 0) is 10.0 Å². The zero-order valence-corrected chi connectivity index (χ0v) is 20.0. The highest BCUT2D eigenvalue weighted by Crippen LogP contribution is 2.28. The zero-order valence-electron chi connectivity index (χ0n) is 18.4. The molecule has 0 saturated carbocycles. The zero-order chi connectivity index (χ0) is 22.0. The molecule has 1 amide bonds. The molecule has 3 saturated heterocycles. The van der Waals surface area contributed by atoms with Gasteiger partial charge in [0.15, 0.2) is 0 Å².